The van der Waals surface area contributed by atoms with E-state index < -0.39 is 0 Å². The van der Waals surface area contributed by atoms with E-state index in [1.54, 1.807) is 0 Å². The van der Waals surface area contributed by atoms with Gasteiger partial charge in [0, 0.05) is 41.7 Å². The Kier molecular flexibility index (Phi) is 5.13. The largest absolute Gasteiger partial charge is 0.453 e. The summed E-state index contributed by atoms with van der Waals surface area (Å²) in [6.07, 6.45) is 0. The zero-order valence-corrected chi connectivity index (χ0v) is 17.9. The van der Waals surface area contributed by atoms with Crippen LogP contribution in [0.1, 0.15) is 19.4 Å². The first-order valence-electron chi connectivity index (χ1n) is 10.8. The van der Waals surface area contributed by atoms with Crippen LogP contribution in [0.25, 0.3) is 33.3 Å². The minimum atomic E-state index is 0.628. The highest BCUT2D eigenvalue weighted by Gasteiger charge is 2.15. The van der Waals surface area contributed by atoms with Crippen molar-refractivity contribution in [2.24, 2.45) is 4.99 Å². The first-order valence-corrected chi connectivity index (χ1v) is 10.8. The fourth-order valence-corrected chi connectivity index (χ4v) is 4.10. The molecule has 0 N–H and O–H groups in total. The smallest absolute Gasteiger partial charge is 0.155 e. The predicted molar refractivity (Wildman–Crippen MR) is 127 cm³/mol. The Bertz CT molecular complexity index is 1380. The minimum Gasteiger partial charge on any atom is -0.453 e. The van der Waals surface area contributed by atoms with Crippen LogP contribution in [0.5, 0.6) is 0 Å². The Morgan fingerprint density at radius 3 is 2.35 bits per heavy atom. The number of nitrogens with zero attached hydrogens (tertiary/aromatic N) is 3. The highest BCUT2D eigenvalue weighted by molar-refractivity contribution is 5.96. The summed E-state index contributed by atoms with van der Waals surface area (Å²) >= 11 is 0. The van der Waals surface area contributed by atoms with E-state index in [1.807, 2.05) is 42.5 Å². The molecule has 0 unspecified atom stereocenters. The average molecular weight is 408 g/mol. The number of hydrogen-bond donors (Lipinski definition) is 0. The second kappa shape index (κ2) is 8.23. The Hall–Kier alpha value is -3.66. The molecule has 3 aromatic rings. The van der Waals surface area contributed by atoms with Gasteiger partial charge in [-0.15, -0.1) is 0 Å². The molecule has 1 aliphatic heterocycles. The van der Waals surface area contributed by atoms with Crippen molar-refractivity contribution in [1.82, 2.24) is 4.98 Å². The van der Waals surface area contributed by atoms with Crippen LogP contribution in [0.4, 0.5) is 5.69 Å². The van der Waals surface area contributed by atoms with Crippen LogP contribution in [0.3, 0.4) is 0 Å². The molecule has 0 amide bonds. The first-order chi connectivity index (χ1) is 15.3. The van der Waals surface area contributed by atoms with Crippen LogP contribution < -0.4 is 10.3 Å². The van der Waals surface area contributed by atoms with Crippen molar-refractivity contribution >= 4 is 27.6 Å². The zero-order valence-electron chi connectivity index (χ0n) is 17.9. The molecule has 3 aromatic carbocycles. The summed E-state index contributed by atoms with van der Waals surface area (Å²) in [6.45, 7) is 6.86. The van der Waals surface area contributed by atoms with E-state index in [0.717, 1.165) is 57.5 Å². The molecular formula is C27H25N3O. The molecule has 154 valence electrons. The lowest BCUT2D eigenvalue weighted by molar-refractivity contribution is 0.613. The second-order valence-corrected chi connectivity index (χ2v) is 7.63. The molecule has 0 atom stereocenters. The van der Waals surface area contributed by atoms with Crippen molar-refractivity contribution in [2.75, 3.05) is 18.0 Å². The average Bonchev–Trinajstić information content (AvgIpc) is 2.83. The van der Waals surface area contributed by atoms with Gasteiger partial charge in [0.25, 0.3) is 0 Å². The maximum Gasteiger partial charge on any atom is 0.155 e. The lowest BCUT2D eigenvalue weighted by Gasteiger charge is -2.21. The van der Waals surface area contributed by atoms with Gasteiger partial charge in [-0.1, -0.05) is 54.6 Å². The van der Waals surface area contributed by atoms with Crippen molar-refractivity contribution in [1.29, 1.82) is 0 Å². The summed E-state index contributed by atoms with van der Waals surface area (Å²) in [4.78, 5) is 12.2. The summed E-state index contributed by atoms with van der Waals surface area (Å²) < 4.78 is 6.38. The molecule has 0 saturated heterocycles. The van der Waals surface area contributed by atoms with Gasteiger partial charge in [0.1, 0.15) is 11.2 Å². The van der Waals surface area contributed by atoms with Crippen LogP contribution in [0, 0.1) is 0 Å². The number of hydrogen-bond acceptors (Lipinski definition) is 4. The summed E-state index contributed by atoms with van der Waals surface area (Å²) in [5, 5.41) is 3.08. The van der Waals surface area contributed by atoms with Crippen LogP contribution in [0.2, 0.25) is 0 Å². The molecule has 1 aliphatic carbocycles. The molecule has 0 radical (unpaired) electrons. The number of aromatic nitrogens is 1. The van der Waals surface area contributed by atoms with Gasteiger partial charge in [0.05, 0.1) is 11.9 Å². The molecule has 4 heteroatoms. The van der Waals surface area contributed by atoms with E-state index >= 15 is 0 Å². The number of fused-ring (bicyclic) bond motifs is 4. The molecule has 4 nitrogen and oxygen atoms in total. The van der Waals surface area contributed by atoms with Gasteiger partial charge < -0.3 is 9.32 Å². The summed E-state index contributed by atoms with van der Waals surface area (Å²) in [6, 6.07) is 26.9. The first kappa shape index (κ1) is 19.3. The van der Waals surface area contributed by atoms with E-state index in [-0.39, 0.29) is 0 Å². The van der Waals surface area contributed by atoms with E-state index in [0.29, 0.717) is 6.54 Å². The number of rotatable bonds is 5. The lowest BCUT2D eigenvalue weighted by atomic mass is 10.0. The minimum absolute atomic E-state index is 0.628. The molecule has 0 bridgehead atoms. The molecule has 0 spiro atoms. The summed E-state index contributed by atoms with van der Waals surface area (Å²) in [5.41, 5.74) is 4.86. The fraction of sp³-hybridized carbons (Fsp3) is 0.185. The quantitative estimate of drug-likeness (QED) is 0.264. The molecule has 2 aliphatic rings. The molecule has 5 rings (SSSR count). The van der Waals surface area contributed by atoms with Crippen molar-refractivity contribution in [3.63, 3.8) is 0 Å². The molecule has 1 heterocycles. The third kappa shape index (κ3) is 3.66. The van der Waals surface area contributed by atoms with Crippen LogP contribution in [-0.4, -0.2) is 18.1 Å². The maximum absolute atomic E-state index is 6.38. The van der Waals surface area contributed by atoms with E-state index in [2.05, 4.69) is 55.1 Å². The SMILES string of the molecule is CCN(CC)c1ccc2nc3c4ccccc4c(=NCc4ccccc4)cc-3oc2c1. The lowest BCUT2D eigenvalue weighted by Crippen LogP contribution is -2.21. The van der Waals surface area contributed by atoms with Gasteiger partial charge in [-0.25, -0.2) is 4.98 Å². The van der Waals surface area contributed by atoms with Crippen molar-refractivity contribution in [2.45, 2.75) is 20.4 Å². The Morgan fingerprint density at radius 1 is 0.839 bits per heavy atom. The predicted octanol–water partition coefficient (Wildman–Crippen LogP) is 6.03. The molecule has 0 fully saturated rings. The third-order valence-corrected chi connectivity index (χ3v) is 5.76. The highest BCUT2D eigenvalue weighted by Crippen LogP contribution is 2.31. The molecule has 0 saturated carbocycles. The Morgan fingerprint density at radius 2 is 1.58 bits per heavy atom. The monoisotopic (exact) mass is 407 g/mol. The van der Waals surface area contributed by atoms with E-state index in [1.165, 1.54) is 5.56 Å². The maximum atomic E-state index is 6.38. The summed E-state index contributed by atoms with van der Waals surface area (Å²) in [5.74, 6) is 0.759. The van der Waals surface area contributed by atoms with E-state index in [9.17, 15) is 0 Å². The highest BCUT2D eigenvalue weighted by atomic mass is 16.3. The normalized spacial score (nSPS) is 12.1. The van der Waals surface area contributed by atoms with Gasteiger partial charge >= 0.3 is 0 Å². The van der Waals surface area contributed by atoms with Crippen molar-refractivity contribution in [3.8, 4) is 11.5 Å². The van der Waals surface area contributed by atoms with Crippen LogP contribution in [-0.2, 0) is 6.54 Å². The fourth-order valence-electron chi connectivity index (χ4n) is 4.10. The van der Waals surface area contributed by atoms with Crippen molar-refractivity contribution in [3.05, 3.63) is 89.8 Å². The summed E-state index contributed by atoms with van der Waals surface area (Å²) in [7, 11) is 0. The van der Waals surface area contributed by atoms with E-state index in [4.69, 9.17) is 14.4 Å². The van der Waals surface area contributed by atoms with Gasteiger partial charge in [-0.05, 0) is 31.5 Å². The zero-order chi connectivity index (χ0) is 21.2. The number of benzene rings is 4. The topological polar surface area (TPSA) is 41.6 Å². The van der Waals surface area contributed by atoms with Gasteiger partial charge in [0.2, 0.25) is 0 Å². The van der Waals surface area contributed by atoms with Gasteiger partial charge in [-0.2, -0.15) is 0 Å². The standard InChI is InChI=1S/C27H25N3O/c1-3-30(4-2)20-14-15-23-25(16-20)31-26-17-24(28-18-19-10-6-5-7-11-19)21-12-8-9-13-22(21)27(26)29-23/h5-17H,3-4,18H2,1-2H3. The molecule has 0 aromatic heterocycles. The third-order valence-electron chi connectivity index (χ3n) is 5.76. The van der Waals surface area contributed by atoms with Gasteiger partial charge in [-0.3, -0.25) is 4.99 Å². The van der Waals surface area contributed by atoms with Crippen LogP contribution >= 0.6 is 0 Å². The Labute approximate surface area is 181 Å². The van der Waals surface area contributed by atoms with Crippen LogP contribution in [0.15, 0.2) is 88.3 Å². The van der Waals surface area contributed by atoms with Gasteiger partial charge in [0.15, 0.2) is 11.3 Å². The number of anilines is 1. The second-order valence-electron chi connectivity index (χ2n) is 7.63. The molecular weight excluding hydrogens is 382 g/mol. The molecule has 31 heavy (non-hydrogen) atoms. The van der Waals surface area contributed by atoms with Crippen molar-refractivity contribution < 1.29 is 4.42 Å². The Balaban J connectivity index is 1.72.